The number of pyridine rings is 1. The van der Waals surface area contributed by atoms with Crippen LogP contribution in [0.25, 0.3) is 5.57 Å². The van der Waals surface area contributed by atoms with Crippen LogP contribution in [0.2, 0.25) is 5.02 Å². The van der Waals surface area contributed by atoms with Gasteiger partial charge in [-0.2, -0.15) is 0 Å². The molecular weight excluding hydrogens is 406 g/mol. The Morgan fingerprint density at radius 2 is 1.83 bits per heavy atom. The number of methoxy groups -OCH3 is 3. The Morgan fingerprint density at radius 1 is 1.13 bits per heavy atom. The molecular formula is C23H26ClNO5. The van der Waals surface area contributed by atoms with Crippen LogP contribution in [0.15, 0.2) is 48.8 Å². The molecule has 6 nitrogen and oxygen atoms in total. The first-order chi connectivity index (χ1) is 14.3. The van der Waals surface area contributed by atoms with Crippen molar-refractivity contribution in [3.05, 3.63) is 70.5 Å². The van der Waals surface area contributed by atoms with Gasteiger partial charge in [0.15, 0.2) is 5.78 Å². The summed E-state index contributed by atoms with van der Waals surface area (Å²) in [7, 11) is 4.48. The number of allylic oxidation sites excluding steroid dienone is 3. The summed E-state index contributed by atoms with van der Waals surface area (Å²) in [4.78, 5) is 16.9. The van der Waals surface area contributed by atoms with Crippen LogP contribution in [-0.4, -0.2) is 38.6 Å². The van der Waals surface area contributed by atoms with Crippen LogP contribution < -0.4 is 9.47 Å². The number of aromatic nitrogens is 1. The molecule has 0 radical (unpaired) electrons. The van der Waals surface area contributed by atoms with Gasteiger partial charge in [-0.25, -0.2) is 0 Å². The molecule has 160 valence electrons. The van der Waals surface area contributed by atoms with Gasteiger partial charge in [0.1, 0.15) is 11.5 Å². The summed E-state index contributed by atoms with van der Waals surface area (Å²) in [6.45, 7) is 7.12. The fourth-order valence-electron chi connectivity index (χ4n) is 2.72. The fourth-order valence-corrected chi connectivity index (χ4v) is 2.90. The van der Waals surface area contributed by atoms with Crippen LogP contribution in [0, 0.1) is 0 Å². The van der Waals surface area contributed by atoms with Crippen LogP contribution in [-0.2, 0) is 15.9 Å². The van der Waals surface area contributed by atoms with E-state index in [9.17, 15) is 4.79 Å². The number of hydrogen-bond acceptors (Lipinski definition) is 6. The Morgan fingerprint density at radius 3 is 2.40 bits per heavy atom. The third-order valence-electron chi connectivity index (χ3n) is 4.29. The predicted octanol–water partition coefficient (Wildman–Crippen LogP) is 5.10. The molecule has 0 fully saturated rings. The fraction of sp³-hybridized carbons (Fsp3) is 0.304. The number of hydrogen-bond donors (Lipinski definition) is 0. The highest BCUT2D eigenvalue weighted by Gasteiger charge is 2.21. The molecule has 1 heterocycles. The third kappa shape index (κ3) is 5.92. The Kier molecular flexibility index (Phi) is 8.59. The van der Waals surface area contributed by atoms with Crippen molar-refractivity contribution in [1.29, 1.82) is 0 Å². The van der Waals surface area contributed by atoms with Crippen LogP contribution in [0.5, 0.6) is 11.5 Å². The summed E-state index contributed by atoms with van der Waals surface area (Å²) >= 11 is 5.98. The van der Waals surface area contributed by atoms with Gasteiger partial charge >= 0.3 is 6.48 Å². The minimum Gasteiger partial charge on any atom is -0.496 e. The monoisotopic (exact) mass is 431 g/mol. The van der Waals surface area contributed by atoms with E-state index in [2.05, 4.69) is 17.6 Å². The smallest absolute Gasteiger partial charge is 0.315 e. The third-order valence-corrected chi connectivity index (χ3v) is 4.49. The van der Waals surface area contributed by atoms with Crippen LogP contribution in [0.1, 0.15) is 35.3 Å². The van der Waals surface area contributed by atoms with E-state index in [4.69, 9.17) is 30.5 Å². The van der Waals surface area contributed by atoms with Crippen molar-refractivity contribution < 1.29 is 23.7 Å². The molecule has 2 rings (SSSR count). The van der Waals surface area contributed by atoms with Crippen molar-refractivity contribution >= 4 is 23.0 Å². The minimum absolute atomic E-state index is 0.260. The van der Waals surface area contributed by atoms with Gasteiger partial charge in [0, 0.05) is 49.4 Å². The lowest BCUT2D eigenvalue weighted by molar-refractivity contribution is -0.219. The molecule has 1 aromatic heterocycles. The molecule has 2 aromatic rings. The average Bonchev–Trinajstić information content (AvgIpc) is 2.74. The molecule has 30 heavy (non-hydrogen) atoms. The number of Topliss-reactive ketones (excluding diaryl/α,β-unsaturated/α-hetero) is 1. The number of halogens is 1. The largest absolute Gasteiger partial charge is 0.496 e. The SMILES string of the molecule is C=C(C(=O)c1cncc(Cl)c1)c1cc(CC=C(C)C)c(OC(OC)OC)cc1OC. The van der Waals surface area contributed by atoms with Crippen molar-refractivity contribution in [2.24, 2.45) is 0 Å². The van der Waals surface area contributed by atoms with Gasteiger partial charge in [-0.05, 0) is 38.0 Å². The first-order valence-corrected chi connectivity index (χ1v) is 9.59. The number of nitrogens with zero attached hydrogens (tertiary/aromatic N) is 1. The Hall–Kier alpha value is -2.67. The normalized spacial score (nSPS) is 10.6. The van der Waals surface area contributed by atoms with E-state index in [1.807, 2.05) is 19.9 Å². The van der Waals surface area contributed by atoms with Crippen molar-refractivity contribution in [1.82, 2.24) is 4.98 Å². The van der Waals surface area contributed by atoms with Crippen molar-refractivity contribution in [3.8, 4) is 11.5 Å². The highest BCUT2D eigenvalue weighted by molar-refractivity contribution is 6.32. The van der Waals surface area contributed by atoms with Gasteiger partial charge in [-0.15, -0.1) is 0 Å². The van der Waals surface area contributed by atoms with Crippen LogP contribution in [0.4, 0.5) is 0 Å². The van der Waals surface area contributed by atoms with Crippen LogP contribution >= 0.6 is 11.6 Å². The topological polar surface area (TPSA) is 66.9 Å². The van der Waals surface area contributed by atoms with E-state index in [-0.39, 0.29) is 11.4 Å². The van der Waals surface area contributed by atoms with Crippen molar-refractivity contribution in [2.75, 3.05) is 21.3 Å². The molecule has 0 atom stereocenters. The van der Waals surface area contributed by atoms with E-state index in [1.54, 1.807) is 12.1 Å². The zero-order valence-corrected chi connectivity index (χ0v) is 18.6. The second-order valence-corrected chi connectivity index (χ2v) is 7.16. The first kappa shape index (κ1) is 23.6. The number of ether oxygens (including phenoxy) is 4. The number of rotatable bonds is 10. The average molecular weight is 432 g/mol. The Bertz CT molecular complexity index is 947. The van der Waals surface area contributed by atoms with E-state index in [0.717, 1.165) is 11.1 Å². The molecule has 0 aliphatic heterocycles. The zero-order chi connectivity index (χ0) is 22.3. The van der Waals surface area contributed by atoms with E-state index >= 15 is 0 Å². The Balaban J connectivity index is 2.52. The maximum absolute atomic E-state index is 13.0. The number of carbonyl (C=O) groups is 1. The van der Waals surface area contributed by atoms with Gasteiger partial charge in [-0.1, -0.05) is 29.8 Å². The summed E-state index contributed by atoms with van der Waals surface area (Å²) in [6, 6.07) is 5.08. The quantitative estimate of drug-likeness (QED) is 0.225. The summed E-state index contributed by atoms with van der Waals surface area (Å²) in [5, 5.41) is 0.374. The molecule has 0 saturated carbocycles. The molecule has 0 amide bonds. The van der Waals surface area contributed by atoms with Gasteiger partial charge in [0.05, 0.1) is 12.1 Å². The van der Waals surface area contributed by atoms with Crippen LogP contribution in [0.3, 0.4) is 0 Å². The molecule has 0 aliphatic rings. The number of benzene rings is 1. The summed E-state index contributed by atoms with van der Waals surface area (Å²) in [5.74, 6) is 0.661. The van der Waals surface area contributed by atoms with E-state index in [0.29, 0.717) is 34.1 Å². The molecule has 7 heteroatoms. The highest BCUT2D eigenvalue weighted by atomic mass is 35.5. The molecule has 0 unspecified atom stereocenters. The molecule has 0 saturated heterocycles. The predicted molar refractivity (Wildman–Crippen MR) is 117 cm³/mol. The maximum atomic E-state index is 13.0. The zero-order valence-electron chi connectivity index (χ0n) is 17.8. The van der Waals surface area contributed by atoms with Gasteiger partial charge in [0.2, 0.25) is 0 Å². The summed E-state index contributed by atoms with van der Waals surface area (Å²) in [6.07, 6.45) is 5.55. The molecule has 0 bridgehead atoms. The highest BCUT2D eigenvalue weighted by Crippen LogP contribution is 2.35. The lowest BCUT2D eigenvalue weighted by Gasteiger charge is -2.20. The first-order valence-electron chi connectivity index (χ1n) is 9.21. The second-order valence-electron chi connectivity index (χ2n) is 6.72. The number of carbonyl (C=O) groups excluding carboxylic acids is 1. The summed E-state index contributed by atoms with van der Waals surface area (Å²) in [5.41, 5.74) is 3.13. The van der Waals surface area contributed by atoms with Crippen molar-refractivity contribution in [2.45, 2.75) is 26.7 Å². The maximum Gasteiger partial charge on any atom is 0.315 e. The summed E-state index contributed by atoms with van der Waals surface area (Å²) < 4.78 is 21.6. The minimum atomic E-state index is -0.881. The Labute approximate surface area is 182 Å². The molecule has 0 N–H and O–H groups in total. The van der Waals surface area contributed by atoms with Crippen molar-refractivity contribution in [3.63, 3.8) is 0 Å². The standard InChI is InChI=1S/C23H26ClNO5/c1-14(2)7-8-16-10-19(15(3)22(26)17-9-18(24)13-25-12-17)21(27-4)11-20(16)30-23(28-5)29-6/h7,9-13,23H,3,8H2,1-2,4-6H3. The lowest BCUT2D eigenvalue weighted by Crippen LogP contribution is -2.21. The lowest BCUT2D eigenvalue weighted by atomic mass is 9.95. The van der Waals surface area contributed by atoms with E-state index < -0.39 is 6.48 Å². The molecule has 0 spiro atoms. The molecule has 0 aliphatic carbocycles. The second kappa shape index (κ2) is 10.9. The molecule has 1 aromatic carbocycles. The van der Waals surface area contributed by atoms with Gasteiger partial charge < -0.3 is 18.9 Å². The number of ketones is 1. The van der Waals surface area contributed by atoms with Gasteiger partial charge in [0.25, 0.3) is 0 Å². The van der Waals surface area contributed by atoms with Gasteiger partial charge in [-0.3, -0.25) is 9.78 Å². The van der Waals surface area contributed by atoms with E-state index in [1.165, 1.54) is 33.7 Å².